The van der Waals surface area contributed by atoms with E-state index in [-0.39, 0.29) is 29.7 Å². The van der Waals surface area contributed by atoms with Crippen LogP contribution in [0.4, 0.5) is 0 Å². The molecule has 0 amide bonds. The zero-order valence-electron chi connectivity index (χ0n) is 13.4. The second kappa shape index (κ2) is 12.7. The summed E-state index contributed by atoms with van der Waals surface area (Å²) >= 11 is 2.00. The van der Waals surface area contributed by atoms with Crippen molar-refractivity contribution >= 4 is 51.7 Å². The molecule has 6 nitrogen and oxygen atoms in total. The zero-order valence-corrected chi connectivity index (χ0v) is 17.4. The van der Waals surface area contributed by atoms with Gasteiger partial charge in [-0.05, 0) is 38.9 Å². The SMILES string of the molecule is CCNC(=NCC1CCCS1)NCCCNS(=O)(=O)CC.I. The van der Waals surface area contributed by atoms with Crippen molar-refractivity contribution in [3.63, 3.8) is 0 Å². The van der Waals surface area contributed by atoms with Gasteiger partial charge in [0.1, 0.15) is 0 Å². The van der Waals surface area contributed by atoms with E-state index in [2.05, 4.69) is 20.3 Å². The number of hydrogen-bond acceptors (Lipinski definition) is 4. The van der Waals surface area contributed by atoms with Crippen LogP contribution in [0, 0.1) is 0 Å². The Morgan fingerprint density at radius 3 is 2.64 bits per heavy atom. The molecule has 1 aliphatic rings. The minimum Gasteiger partial charge on any atom is -0.357 e. The number of rotatable bonds is 9. The van der Waals surface area contributed by atoms with Gasteiger partial charge in [0.05, 0.1) is 12.3 Å². The van der Waals surface area contributed by atoms with Crippen LogP contribution in [0.2, 0.25) is 0 Å². The molecule has 0 aliphatic carbocycles. The van der Waals surface area contributed by atoms with Crippen molar-refractivity contribution in [3.05, 3.63) is 0 Å². The van der Waals surface area contributed by atoms with E-state index in [4.69, 9.17) is 0 Å². The first-order valence-electron chi connectivity index (χ1n) is 7.68. The summed E-state index contributed by atoms with van der Waals surface area (Å²) in [6, 6.07) is 0. The van der Waals surface area contributed by atoms with Gasteiger partial charge in [0.2, 0.25) is 10.0 Å². The van der Waals surface area contributed by atoms with Crippen LogP contribution in [0.15, 0.2) is 4.99 Å². The predicted molar refractivity (Wildman–Crippen MR) is 107 cm³/mol. The van der Waals surface area contributed by atoms with E-state index in [0.29, 0.717) is 18.3 Å². The summed E-state index contributed by atoms with van der Waals surface area (Å²) in [4.78, 5) is 4.59. The fourth-order valence-corrected chi connectivity index (χ4v) is 3.79. The van der Waals surface area contributed by atoms with Crippen LogP contribution in [0.1, 0.15) is 33.1 Å². The topological polar surface area (TPSA) is 82.6 Å². The van der Waals surface area contributed by atoms with Gasteiger partial charge in [-0.15, -0.1) is 24.0 Å². The molecule has 1 aliphatic heterocycles. The third-order valence-electron chi connectivity index (χ3n) is 3.17. The van der Waals surface area contributed by atoms with Crippen molar-refractivity contribution in [1.82, 2.24) is 15.4 Å². The van der Waals surface area contributed by atoms with Gasteiger partial charge in [0, 0.05) is 24.9 Å². The maximum absolute atomic E-state index is 11.3. The van der Waals surface area contributed by atoms with Gasteiger partial charge in [0.15, 0.2) is 5.96 Å². The normalized spacial score (nSPS) is 18.8. The molecule has 0 saturated carbocycles. The van der Waals surface area contributed by atoms with Crippen LogP contribution >= 0.6 is 35.7 Å². The first-order valence-corrected chi connectivity index (χ1v) is 10.4. The molecule has 0 bridgehead atoms. The highest BCUT2D eigenvalue weighted by Crippen LogP contribution is 2.25. The van der Waals surface area contributed by atoms with Crippen molar-refractivity contribution in [2.24, 2.45) is 4.99 Å². The Balaban J connectivity index is 0.00000441. The van der Waals surface area contributed by atoms with Gasteiger partial charge < -0.3 is 10.6 Å². The number of hydrogen-bond donors (Lipinski definition) is 3. The number of sulfonamides is 1. The highest BCUT2D eigenvalue weighted by atomic mass is 127. The molecule has 1 rings (SSSR count). The van der Waals surface area contributed by atoms with E-state index in [1.54, 1.807) is 6.92 Å². The summed E-state index contributed by atoms with van der Waals surface area (Å²) < 4.78 is 25.1. The fraction of sp³-hybridized carbons (Fsp3) is 0.923. The van der Waals surface area contributed by atoms with Crippen LogP contribution in [0.5, 0.6) is 0 Å². The van der Waals surface area contributed by atoms with Crippen LogP contribution in [0.3, 0.4) is 0 Å². The summed E-state index contributed by atoms with van der Waals surface area (Å²) in [7, 11) is -3.08. The fourth-order valence-electron chi connectivity index (χ4n) is 1.95. The molecule has 0 spiro atoms. The highest BCUT2D eigenvalue weighted by molar-refractivity contribution is 14.0. The van der Waals surface area contributed by atoms with Crippen molar-refractivity contribution < 1.29 is 8.42 Å². The third-order valence-corrected chi connectivity index (χ3v) is 5.95. The van der Waals surface area contributed by atoms with Gasteiger partial charge >= 0.3 is 0 Å². The molecule has 132 valence electrons. The highest BCUT2D eigenvalue weighted by Gasteiger charge is 2.14. The van der Waals surface area contributed by atoms with Gasteiger partial charge in [-0.1, -0.05) is 0 Å². The molecule has 3 N–H and O–H groups in total. The Morgan fingerprint density at radius 1 is 1.27 bits per heavy atom. The average Bonchev–Trinajstić information content (AvgIpc) is 2.97. The lowest BCUT2D eigenvalue weighted by Crippen LogP contribution is -2.39. The first kappa shape index (κ1) is 22.3. The predicted octanol–water partition coefficient (Wildman–Crippen LogP) is 1.38. The Kier molecular flexibility index (Phi) is 12.8. The summed E-state index contributed by atoms with van der Waals surface area (Å²) in [5.74, 6) is 2.20. The summed E-state index contributed by atoms with van der Waals surface area (Å²) in [5.41, 5.74) is 0. The Bertz CT molecular complexity index is 412. The minimum absolute atomic E-state index is 0. The molecule has 0 aromatic heterocycles. The number of halogens is 1. The van der Waals surface area contributed by atoms with E-state index in [1.165, 1.54) is 18.6 Å². The van der Waals surface area contributed by atoms with Crippen LogP contribution < -0.4 is 15.4 Å². The van der Waals surface area contributed by atoms with E-state index in [9.17, 15) is 8.42 Å². The maximum Gasteiger partial charge on any atom is 0.211 e. The van der Waals surface area contributed by atoms with Crippen molar-refractivity contribution in [2.75, 3.05) is 37.7 Å². The molecule has 0 aromatic carbocycles. The van der Waals surface area contributed by atoms with E-state index >= 15 is 0 Å². The van der Waals surface area contributed by atoms with Crippen LogP contribution in [-0.4, -0.2) is 57.3 Å². The third kappa shape index (κ3) is 10.1. The van der Waals surface area contributed by atoms with E-state index < -0.39 is 10.0 Å². The van der Waals surface area contributed by atoms with Crippen molar-refractivity contribution in [3.8, 4) is 0 Å². The van der Waals surface area contributed by atoms with E-state index in [1.807, 2.05) is 18.7 Å². The van der Waals surface area contributed by atoms with Gasteiger partial charge in [-0.25, -0.2) is 13.1 Å². The van der Waals surface area contributed by atoms with E-state index in [0.717, 1.165) is 25.5 Å². The quantitative estimate of drug-likeness (QED) is 0.208. The molecule has 0 radical (unpaired) electrons. The molecule has 1 heterocycles. The van der Waals surface area contributed by atoms with Crippen LogP contribution in [-0.2, 0) is 10.0 Å². The lowest BCUT2D eigenvalue weighted by molar-refractivity contribution is 0.579. The molecule has 1 atom stereocenters. The second-order valence-electron chi connectivity index (χ2n) is 4.93. The molecule has 0 aromatic rings. The van der Waals surface area contributed by atoms with Gasteiger partial charge in [-0.2, -0.15) is 11.8 Å². The lowest BCUT2D eigenvalue weighted by atomic mass is 10.2. The molecule has 1 saturated heterocycles. The first-order chi connectivity index (χ1) is 10.1. The molecule has 1 unspecified atom stereocenters. The Morgan fingerprint density at radius 2 is 2.05 bits per heavy atom. The molecule has 22 heavy (non-hydrogen) atoms. The van der Waals surface area contributed by atoms with Gasteiger partial charge in [0.25, 0.3) is 0 Å². The lowest BCUT2D eigenvalue weighted by Gasteiger charge is -2.12. The molecule has 1 fully saturated rings. The summed E-state index contributed by atoms with van der Waals surface area (Å²) in [6.07, 6.45) is 3.29. The summed E-state index contributed by atoms with van der Waals surface area (Å²) in [6.45, 7) is 6.51. The average molecular weight is 464 g/mol. The van der Waals surface area contributed by atoms with Gasteiger partial charge in [-0.3, -0.25) is 4.99 Å². The molecule has 9 heteroatoms. The standard InChI is InChI=1S/C13H28N4O2S2.HI/c1-3-14-13(16-11-12-7-5-10-20-12)15-8-6-9-17-21(18,19)4-2;/h12,17H,3-11H2,1-2H3,(H2,14,15,16);1H. The smallest absolute Gasteiger partial charge is 0.211 e. The van der Waals surface area contributed by atoms with Crippen molar-refractivity contribution in [1.29, 1.82) is 0 Å². The van der Waals surface area contributed by atoms with Crippen LogP contribution in [0.25, 0.3) is 0 Å². The molecular weight excluding hydrogens is 435 g/mol. The number of guanidine groups is 1. The number of thioether (sulfide) groups is 1. The number of nitrogens with zero attached hydrogens (tertiary/aromatic N) is 1. The van der Waals surface area contributed by atoms with Crippen molar-refractivity contribution in [2.45, 2.75) is 38.4 Å². The zero-order chi connectivity index (χ0) is 15.6. The second-order valence-corrected chi connectivity index (χ2v) is 8.44. The Labute approximate surface area is 156 Å². The minimum atomic E-state index is -3.08. The molecular formula is C13H29IN4O2S2. The summed E-state index contributed by atoms with van der Waals surface area (Å²) in [5, 5.41) is 7.11. The maximum atomic E-state index is 11.3. The Hall–Kier alpha value is 0.260. The monoisotopic (exact) mass is 464 g/mol. The largest absolute Gasteiger partial charge is 0.357 e. The number of nitrogens with one attached hydrogen (secondary N) is 3. The number of aliphatic imine (C=N–C) groups is 1.